The molecule has 3 heteroatoms. The second kappa shape index (κ2) is 3.01. The number of carbonyl (C=O) groups excluding carboxylic acids is 2. The molecule has 0 spiro atoms. The molecule has 0 aromatic heterocycles. The van der Waals surface area contributed by atoms with Gasteiger partial charge in [-0.1, -0.05) is 0 Å². The van der Waals surface area contributed by atoms with Gasteiger partial charge in [-0.05, 0) is 13.8 Å². The largest absolute Gasteiger partial charge is 0.300 e. The number of rotatable bonds is 4. The molecule has 0 fully saturated rings. The zero-order valence-corrected chi connectivity index (χ0v) is 7.14. The molecule has 0 aliphatic heterocycles. The van der Waals surface area contributed by atoms with Crippen molar-refractivity contribution in [3.8, 4) is 0 Å². The highest BCUT2D eigenvalue weighted by Gasteiger charge is 2.23. The maximum atomic E-state index is 10.9. The van der Waals surface area contributed by atoms with E-state index in [0.717, 1.165) is 0 Å². The van der Waals surface area contributed by atoms with E-state index in [2.05, 4.69) is 0 Å². The Morgan fingerprint density at radius 1 is 1.00 bits per heavy atom. The Morgan fingerprint density at radius 3 is 1.58 bits per heavy atom. The van der Waals surface area contributed by atoms with Crippen LogP contribution in [0.2, 0.25) is 0 Å². The van der Waals surface area contributed by atoms with E-state index in [9.17, 15) is 14.4 Å². The van der Waals surface area contributed by atoms with Gasteiger partial charge in [-0.15, -0.1) is 0 Å². The van der Waals surface area contributed by atoms with Crippen molar-refractivity contribution in [2.45, 2.75) is 26.7 Å². The predicted molar refractivity (Wildman–Crippen MR) is 43.9 cm³/mol. The molecule has 0 unspecified atom stereocenters. The highest BCUT2D eigenvalue weighted by atomic mass is 16.1. The zero-order valence-electron chi connectivity index (χ0n) is 7.14. The summed E-state index contributed by atoms with van der Waals surface area (Å²) >= 11 is 0. The van der Waals surface area contributed by atoms with Gasteiger partial charge in [0, 0.05) is 24.0 Å². The van der Waals surface area contributed by atoms with E-state index in [-0.39, 0.29) is 29.8 Å². The van der Waals surface area contributed by atoms with Crippen LogP contribution in [0.1, 0.15) is 25.0 Å². The molecular formula is C9H10O3. The van der Waals surface area contributed by atoms with Gasteiger partial charge in [-0.25, -0.2) is 0 Å². The normalized spacial score (nSPS) is 10.5. The first-order valence-electron chi connectivity index (χ1n) is 3.78. The molecule has 1 rings (SSSR count). The molecule has 0 saturated heterocycles. The van der Waals surface area contributed by atoms with E-state index < -0.39 is 0 Å². The van der Waals surface area contributed by atoms with E-state index in [4.69, 9.17) is 0 Å². The lowest BCUT2D eigenvalue weighted by atomic mass is 10.2. The summed E-state index contributed by atoms with van der Waals surface area (Å²) in [6.07, 6.45) is 0.392. The molecule has 12 heavy (non-hydrogen) atoms. The Hall–Kier alpha value is -1.25. The summed E-state index contributed by atoms with van der Waals surface area (Å²) in [6, 6.07) is 0. The molecule has 0 aliphatic rings. The molecule has 3 nitrogen and oxygen atoms in total. The molecule has 0 aliphatic carbocycles. The minimum Gasteiger partial charge on any atom is -0.300 e. The summed E-state index contributed by atoms with van der Waals surface area (Å²) in [7, 11) is 0. The Labute approximate surface area is 70.1 Å². The lowest BCUT2D eigenvalue weighted by molar-refractivity contribution is -0.117. The number of hydrogen-bond acceptors (Lipinski definition) is 3. The first-order valence-corrected chi connectivity index (χ1v) is 3.78. The van der Waals surface area contributed by atoms with E-state index in [1.165, 1.54) is 13.8 Å². The average molecular weight is 166 g/mol. The summed E-state index contributed by atoms with van der Waals surface area (Å²) < 4.78 is 0. The number of carbonyl (C=O) groups is 2. The van der Waals surface area contributed by atoms with Crippen LogP contribution in [0, 0.1) is 0 Å². The van der Waals surface area contributed by atoms with E-state index in [0.29, 0.717) is 11.1 Å². The summed E-state index contributed by atoms with van der Waals surface area (Å²) in [5.41, 5.74) is 1.02. The quantitative estimate of drug-likeness (QED) is 0.641. The molecule has 1 aromatic carbocycles. The van der Waals surface area contributed by atoms with Crippen molar-refractivity contribution in [1.82, 2.24) is 0 Å². The van der Waals surface area contributed by atoms with E-state index >= 15 is 0 Å². The van der Waals surface area contributed by atoms with Gasteiger partial charge in [-0.3, -0.25) is 14.4 Å². The Kier molecular flexibility index (Phi) is 2.22. The molecule has 0 radical (unpaired) electrons. The van der Waals surface area contributed by atoms with Crippen LogP contribution < -0.4 is 5.43 Å². The van der Waals surface area contributed by atoms with Gasteiger partial charge < -0.3 is 0 Å². The number of Topliss-reactive ketones (excluding diaryl/α,β-unsaturated/α-hetero) is 2. The summed E-state index contributed by atoms with van der Waals surface area (Å²) in [5, 5.41) is 0. The Bertz CT molecular complexity index is 309. The minimum atomic E-state index is -0.0830. The third-order valence-corrected chi connectivity index (χ3v) is 1.70. The van der Waals surface area contributed by atoms with Crippen LogP contribution in [0.3, 0.4) is 0 Å². The van der Waals surface area contributed by atoms with E-state index in [1.807, 2.05) is 0 Å². The van der Waals surface area contributed by atoms with Crippen LogP contribution in [-0.4, -0.2) is 11.6 Å². The van der Waals surface area contributed by atoms with Gasteiger partial charge in [-0.2, -0.15) is 0 Å². The minimum absolute atomic E-state index is 0.0306. The molecule has 0 bridgehead atoms. The number of hydrogen-bond donors (Lipinski definition) is 0. The van der Waals surface area contributed by atoms with Gasteiger partial charge in [0.05, 0.1) is 0 Å². The second-order valence-corrected chi connectivity index (χ2v) is 3.04. The maximum Gasteiger partial charge on any atom is 0.186 e. The van der Waals surface area contributed by atoms with Crippen molar-refractivity contribution in [3.05, 3.63) is 21.4 Å². The smallest absolute Gasteiger partial charge is 0.186 e. The first-order chi connectivity index (χ1) is 5.52. The topological polar surface area (TPSA) is 51.2 Å². The van der Waals surface area contributed by atoms with Gasteiger partial charge in [0.1, 0.15) is 11.6 Å². The first kappa shape index (κ1) is 8.84. The SMILES string of the molecule is CC(=O)Cc1c(CC(C)=O)c1=O. The van der Waals surface area contributed by atoms with E-state index in [1.54, 1.807) is 0 Å². The van der Waals surface area contributed by atoms with Gasteiger partial charge in [0.2, 0.25) is 0 Å². The molecular weight excluding hydrogens is 156 g/mol. The van der Waals surface area contributed by atoms with Crippen molar-refractivity contribution >= 4 is 11.6 Å². The highest BCUT2D eigenvalue weighted by Crippen LogP contribution is 2.11. The number of ketones is 2. The van der Waals surface area contributed by atoms with Crippen LogP contribution >= 0.6 is 0 Å². The lowest BCUT2D eigenvalue weighted by Crippen LogP contribution is -1.94. The predicted octanol–water partition coefficient (Wildman–Crippen LogP) is 0.185. The summed E-state index contributed by atoms with van der Waals surface area (Å²) in [6.45, 7) is 2.87. The van der Waals surface area contributed by atoms with Crippen molar-refractivity contribution in [2.24, 2.45) is 0 Å². The fourth-order valence-electron chi connectivity index (χ4n) is 1.12. The molecule has 0 amide bonds. The third kappa shape index (κ3) is 1.87. The molecule has 0 atom stereocenters. The highest BCUT2D eigenvalue weighted by molar-refractivity contribution is 5.83. The van der Waals surface area contributed by atoms with Gasteiger partial charge in [0.15, 0.2) is 5.43 Å². The standard InChI is InChI=1S/C9H10O3/c1-5(10)3-7-8(9(7)12)4-6(2)11/h3-4H2,1-2H3. The summed E-state index contributed by atoms with van der Waals surface area (Å²) in [5.74, 6) is -0.0613. The molecule has 0 N–H and O–H groups in total. The summed E-state index contributed by atoms with van der Waals surface area (Å²) in [4.78, 5) is 32.1. The van der Waals surface area contributed by atoms with Crippen LogP contribution in [0.4, 0.5) is 0 Å². The Balaban J connectivity index is 2.60. The Morgan fingerprint density at radius 2 is 1.33 bits per heavy atom. The maximum absolute atomic E-state index is 10.9. The molecule has 0 heterocycles. The average Bonchev–Trinajstić information content (AvgIpc) is 2.43. The lowest BCUT2D eigenvalue weighted by Gasteiger charge is -1.84. The monoisotopic (exact) mass is 166 g/mol. The van der Waals surface area contributed by atoms with Crippen molar-refractivity contribution in [1.29, 1.82) is 0 Å². The molecule has 64 valence electrons. The molecule has 1 aromatic rings. The van der Waals surface area contributed by atoms with Crippen LogP contribution in [0.5, 0.6) is 0 Å². The van der Waals surface area contributed by atoms with Crippen LogP contribution in [0.25, 0.3) is 0 Å². The molecule has 0 saturated carbocycles. The van der Waals surface area contributed by atoms with Gasteiger partial charge in [0.25, 0.3) is 0 Å². The van der Waals surface area contributed by atoms with Gasteiger partial charge >= 0.3 is 0 Å². The fourth-order valence-corrected chi connectivity index (χ4v) is 1.12. The van der Waals surface area contributed by atoms with Crippen molar-refractivity contribution in [2.75, 3.05) is 0 Å². The van der Waals surface area contributed by atoms with Crippen molar-refractivity contribution in [3.63, 3.8) is 0 Å². The van der Waals surface area contributed by atoms with Crippen molar-refractivity contribution < 1.29 is 9.59 Å². The fraction of sp³-hybridized carbons (Fsp3) is 0.444. The second-order valence-electron chi connectivity index (χ2n) is 3.04. The zero-order chi connectivity index (χ0) is 9.30. The third-order valence-electron chi connectivity index (χ3n) is 1.70. The van der Waals surface area contributed by atoms with Crippen LogP contribution in [0.15, 0.2) is 4.79 Å². The van der Waals surface area contributed by atoms with Crippen LogP contribution in [-0.2, 0) is 22.4 Å².